The zero-order chi connectivity index (χ0) is 13.6. The normalized spacial score (nSPS) is 12.3. The van der Waals surface area contributed by atoms with E-state index in [4.69, 9.17) is 10.5 Å². The minimum Gasteiger partial charge on any atom is -0.450 e. The van der Waals surface area contributed by atoms with Crippen LogP contribution in [0.25, 0.3) is 0 Å². The lowest BCUT2D eigenvalue weighted by molar-refractivity contribution is 0.153. The molecule has 0 spiro atoms. The first-order valence-corrected chi connectivity index (χ1v) is 7.62. The molecule has 0 radical (unpaired) electrons. The van der Waals surface area contributed by atoms with Gasteiger partial charge in [-0.05, 0) is 18.8 Å². The summed E-state index contributed by atoms with van der Waals surface area (Å²) >= 11 is 0. The molecule has 0 saturated heterocycles. The average Bonchev–Trinajstić information content (AvgIpc) is 2.33. The van der Waals surface area contributed by atoms with Gasteiger partial charge in [-0.1, -0.05) is 65.2 Å². The second kappa shape index (κ2) is 12.7. The fourth-order valence-electron chi connectivity index (χ4n) is 2.41. The van der Waals surface area contributed by atoms with E-state index in [9.17, 15) is 4.79 Å². The van der Waals surface area contributed by atoms with Gasteiger partial charge >= 0.3 is 6.09 Å². The van der Waals surface area contributed by atoms with E-state index in [0.29, 0.717) is 6.61 Å². The molecular weight excluding hydrogens is 226 g/mol. The second-order valence-corrected chi connectivity index (χ2v) is 5.17. The van der Waals surface area contributed by atoms with E-state index < -0.39 is 6.09 Å². The average molecular weight is 257 g/mol. The summed E-state index contributed by atoms with van der Waals surface area (Å²) in [5, 5.41) is 0. The molecule has 1 unspecified atom stereocenters. The molecule has 3 nitrogen and oxygen atoms in total. The van der Waals surface area contributed by atoms with Crippen molar-refractivity contribution in [1.82, 2.24) is 0 Å². The number of rotatable bonds is 12. The largest absolute Gasteiger partial charge is 0.450 e. The van der Waals surface area contributed by atoms with Crippen molar-refractivity contribution in [2.75, 3.05) is 6.61 Å². The van der Waals surface area contributed by atoms with Crippen LogP contribution < -0.4 is 5.73 Å². The minimum atomic E-state index is -0.653. The minimum absolute atomic E-state index is 0.476. The molecule has 0 aromatic carbocycles. The van der Waals surface area contributed by atoms with Gasteiger partial charge in [0.15, 0.2) is 0 Å². The molecule has 0 saturated carbocycles. The number of unbranched alkanes of at least 4 members (excludes halogenated alkanes) is 4. The predicted molar refractivity (Wildman–Crippen MR) is 76.5 cm³/mol. The Morgan fingerprint density at radius 3 is 2.17 bits per heavy atom. The van der Waals surface area contributed by atoms with E-state index >= 15 is 0 Å². The standard InChI is InChI=1S/C15H31NO2/c1-3-5-6-7-11-14(10-4-2)12-8-9-13-18-15(16)17/h14H,3-13H2,1-2H3,(H2,16,17). The Hall–Kier alpha value is -0.730. The van der Waals surface area contributed by atoms with E-state index in [1.165, 1.54) is 51.4 Å². The number of carbonyl (C=O) groups excluding carboxylic acids is 1. The molecule has 0 fully saturated rings. The third kappa shape index (κ3) is 11.7. The molecule has 108 valence electrons. The van der Waals surface area contributed by atoms with Crippen molar-refractivity contribution in [2.24, 2.45) is 11.7 Å². The van der Waals surface area contributed by atoms with Gasteiger partial charge in [-0.15, -0.1) is 0 Å². The summed E-state index contributed by atoms with van der Waals surface area (Å²) in [4.78, 5) is 10.4. The molecule has 1 amide bonds. The lowest BCUT2D eigenvalue weighted by atomic mass is 9.91. The first kappa shape index (κ1) is 17.3. The summed E-state index contributed by atoms with van der Waals surface area (Å²) in [6.45, 7) is 4.99. The van der Waals surface area contributed by atoms with E-state index in [1.54, 1.807) is 0 Å². The summed E-state index contributed by atoms with van der Waals surface area (Å²) < 4.78 is 4.74. The molecule has 0 aromatic rings. The van der Waals surface area contributed by atoms with Crippen LogP contribution in [0.2, 0.25) is 0 Å². The van der Waals surface area contributed by atoms with Gasteiger partial charge in [0.05, 0.1) is 6.61 Å². The van der Waals surface area contributed by atoms with Crippen LogP contribution in [-0.2, 0) is 4.74 Å². The molecule has 1 atom stereocenters. The number of primary amides is 1. The molecule has 0 aliphatic carbocycles. The first-order valence-electron chi connectivity index (χ1n) is 7.62. The highest BCUT2D eigenvalue weighted by Gasteiger charge is 2.07. The van der Waals surface area contributed by atoms with Crippen LogP contribution in [0.4, 0.5) is 4.79 Å². The fourth-order valence-corrected chi connectivity index (χ4v) is 2.41. The van der Waals surface area contributed by atoms with Crippen molar-refractivity contribution in [1.29, 1.82) is 0 Å². The Kier molecular flexibility index (Phi) is 12.2. The highest BCUT2D eigenvalue weighted by atomic mass is 16.5. The number of nitrogens with two attached hydrogens (primary N) is 1. The molecular formula is C15H31NO2. The third-order valence-corrected chi connectivity index (χ3v) is 3.41. The third-order valence-electron chi connectivity index (χ3n) is 3.41. The Morgan fingerprint density at radius 1 is 0.944 bits per heavy atom. The predicted octanol–water partition coefficient (Wildman–Crippen LogP) is 4.64. The number of ether oxygens (including phenoxy) is 1. The van der Waals surface area contributed by atoms with Crippen molar-refractivity contribution >= 4 is 6.09 Å². The van der Waals surface area contributed by atoms with Crippen LogP contribution in [0.5, 0.6) is 0 Å². The van der Waals surface area contributed by atoms with Gasteiger partial charge in [0.25, 0.3) is 0 Å². The maximum absolute atomic E-state index is 10.4. The van der Waals surface area contributed by atoms with Gasteiger partial charge in [0, 0.05) is 0 Å². The van der Waals surface area contributed by atoms with Crippen molar-refractivity contribution in [2.45, 2.75) is 78.1 Å². The van der Waals surface area contributed by atoms with Gasteiger partial charge in [-0.25, -0.2) is 4.79 Å². The molecule has 0 rings (SSSR count). The molecule has 0 aliphatic rings. The van der Waals surface area contributed by atoms with Gasteiger partial charge < -0.3 is 10.5 Å². The Balaban J connectivity index is 3.52. The van der Waals surface area contributed by atoms with Crippen LogP contribution in [0.15, 0.2) is 0 Å². The van der Waals surface area contributed by atoms with E-state index in [0.717, 1.165) is 18.8 Å². The van der Waals surface area contributed by atoms with Crippen LogP contribution in [0.1, 0.15) is 78.1 Å². The second-order valence-electron chi connectivity index (χ2n) is 5.17. The molecule has 3 heteroatoms. The SMILES string of the molecule is CCCCCCC(CCC)CCCCOC(N)=O. The Morgan fingerprint density at radius 2 is 1.61 bits per heavy atom. The van der Waals surface area contributed by atoms with Crippen LogP contribution in [0, 0.1) is 5.92 Å². The van der Waals surface area contributed by atoms with Gasteiger partial charge in [0.2, 0.25) is 0 Å². The lowest BCUT2D eigenvalue weighted by Gasteiger charge is -2.15. The van der Waals surface area contributed by atoms with Gasteiger partial charge in [0.1, 0.15) is 0 Å². The van der Waals surface area contributed by atoms with Crippen LogP contribution >= 0.6 is 0 Å². The maximum atomic E-state index is 10.4. The summed E-state index contributed by atoms with van der Waals surface area (Å²) in [5.41, 5.74) is 4.92. The number of carbonyl (C=O) groups is 1. The fraction of sp³-hybridized carbons (Fsp3) is 0.933. The van der Waals surface area contributed by atoms with E-state index in [1.807, 2.05) is 0 Å². The first-order chi connectivity index (χ1) is 8.70. The zero-order valence-electron chi connectivity index (χ0n) is 12.2. The molecule has 0 bridgehead atoms. The molecule has 2 N–H and O–H groups in total. The molecule has 18 heavy (non-hydrogen) atoms. The van der Waals surface area contributed by atoms with Crippen molar-refractivity contribution in [3.63, 3.8) is 0 Å². The van der Waals surface area contributed by atoms with E-state index in [2.05, 4.69) is 13.8 Å². The summed E-state index contributed by atoms with van der Waals surface area (Å²) in [6, 6.07) is 0. The topological polar surface area (TPSA) is 52.3 Å². The monoisotopic (exact) mass is 257 g/mol. The lowest BCUT2D eigenvalue weighted by Crippen LogP contribution is -2.13. The van der Waals surface area contributed by atoms with E-state index in [-0.39, 0.29) is 0 Å². The Bertz CT molecular complexity index is 195. The molecule has 0 heterocycles. The van der Waals surface area contributed by atoms with Crippen LogP contribution in [-0.4, -0.2) is 12.7 Å². The quantitative estimate of drug-likeness (QED) is 0.518. The van der Waals surface area contributed by atoms with Crippen molar-refractivity contribution < 1.29 is 9.53 Å². The molecule has 0 aliphatic heterocycles. The summed E-state index contributed by atoms with van der Waals surface area (Å²) in [6.07, 6.45) is 12.1. The number of amides is 1. The van der Waals surface area contributed by atoms with Crippen molar-refractivity contribution in [3.8, 4) is 0 Å². The van der Waals surface area contributed by atoms with Gasteiger partial charge in [-0.3, -0.25) is 0 Å². The maximum Gasteiger partial charge on any atom is 0.404 e. The Labute approximate surface area is 112 Å². The van der Waals surface area contributed by atoms with Gasteiger partial charge in [-0.2, -0.15) is 0 Å². The highest BCUT2D eigenvalue weighted by Crippen LogP contribution is 2.21. The van der Waals surface area contributed by atoms with Crippen molar-refractivity contribution in [3.05, 3.63) is 0 Å². The highest BCUT2D eigenvalue weighted by molar-refractivity contribution is 5.64. The summed E-state index contributed by atoms with van der Waals surface area (Å²) in [7, 11) is 0. The summed E-state index contributed by atoms with van der Waals surface area (Å²) in [5.74, 6) is 0.862. The molecule has 0 aromatic heterocycles. The zero-order valence-corrected chi connectivity index (χ0v) is 12.2. The number of hydrogen-bond acceptors (Lipinski definition) is 2. The number of hydrogen-bond donors (Lipinski definition) is 1. The smallest absolute Gasteiger partial charge is 0.404 e. The van der Waals surface area contributed by atoms with Crippen LogP contribution in [0.3, 0.4) is 0 Å².